The summed E-state index contributed by atoms with van der Waals surface area (Å²) in [5.74, 6) is 1.47. The SMILES string of the molecule is CCCCc1nc(CCCC)n(Cc2ccc(-c3ccccc3C(=O)NCCNCCC(N)C(=O)OCC)cc2)n1. The van der Waals surface area contributed by atoms with Crippen LogP contribution >= 0.6 is 0 Å². The fourth-order valence-electron chi connectivity index (χ4n) is 4.52. The highest BCUT2D eigenvalue weighted by molar-refractivity contribution is 6.00. The van der Waals surface area contributed by atoms with Gasteiger partial charge in [0.1, 0.15) is 11.9 Å². The Balaban J connectivity index is 1.57. The highest BCUT2D eigenvalue weighted by Crippen LogP contribution is 2.24. The number of esters is 1. The number of hydrogen-bond donors (Lipinski definition) is 3. The van der Waals surface area contributed by atoms with Crippen molar-refractivity contribution in [1.82, 2.24) is 25.4 Å². The zero-order valence-electron chi connectivity index (χ0n) is 24.8. The molecule has 9 nitrogen and oxygen atoms in total. The molecule has 0 saturated heterocycles. The molecule has 222 valence electrons. The fourth-order valence-corrected chi connectivity index (χ4v) is 4.52. The third kappa shape index (κ3) is 10.1. The molecule has 1 atom stereocenters. The number of nitrogens with zero attached hydrogens (tertiary/aromatic N) is 3. The number of aromatic nitrogens is 3. The second-order valence-corrected chi connectivity index (χ2v) is 10.2. The van der Waals surface area contributed by atoms with Gasteiger partial charge in [0.2, 0.25) is 0 Å². The van der Waals surface area contributed by atoms with Gasteiger partial charge < -0.3 is 21.1 Å². The third-order valence-electron chi connectivity index (χ3n) is 6.88. The van der Waals surface area contributed by atoms with Gasteiger partial charge in [-0.2, -0.15) is 5.10 Å². The molecule has 0 aliphatic carbocycles. The topological polar surface area (TPSA) is 124 Å². The van der Waals surface area contributed by atoms with Crippen LogP contribution in [0.5, 0.6) is 0 Å². The highest BCUT2D eigenvalue weighted by atomic mass is 16.5. The molecule has 2 aromatic carbocycles. The van der Waals surface area contributed by atoms with Gasteiger partial charge in [0.25, 0.3) is 5.91 Å². The molecule has 0 aliphatic heterocycles. The van der Waals surface area contributed by atoms with Gasteiger partial charge in [-0.3, -0.25) is 9.59 Å². The predicted molar refractivity (Wildman–Crippen MR) is 163 cm³/mol. The van der Waals surface area contributed by atoms with E-state index in [0.29, 0.717) is 44.8 Å². The molecule has 1 amide bonds. The Hall–Kier alpha value is -3.56. The molecule has 0 radical (unpaired) electrons. The number of benzene rings is 2. The molecular weight excluding hydrogens is 516 g/mol. The minimum absolute atomic E-state index is 0.127. The van der Waals surface area contributed by atoms with Crippen molar-refractivity contribution in [3.63, 3.8) is 0 Å². The second-order valence-electron chi connectivity index (χ2n) is 10.2. The highest BCUT2D eigenvalue weighted by Gasteiger charge is 2.15. The summed E-state index contributed by atoms with van der Waals surface area (Å²) in [6.45, 7) is 8.73. The lowest BCUT2D eigenvalue weighted by Gasteiger charge is -2.13. The monoisotopic (exact) mass is 562 g/mol. The average Bonchev–Trinajstić information content (AvgIpc) is 3.37. The van der Waals surface area contributed by atoms with Gasteiger partial charge in [-0.25, -0.2) is 9.67 Å². The Labute approximate surface area is 244 Å². The Morgan fingerprint density at radius 1 is 0.951 bits per heavy atom. The number of amides is 1. The number of rotatable bonds is 18. The van der Waals surface area contributed by atoms with E-state index in [1.807, 2.05) is 24.3 Å². The largest absolute Gasteiger partial charge is 0.465 e. The zero-order chi connectivity index (χ0) is 29.5. The summed E-state index contributed by atoms with van der Waals surface area (Å²) in [4.78, 5) is 29.4. The van der Waals surface area contributed by atoms with Crippen molar-refractivity contribution < 1.29 is 14.3 Å². The molecule has 9 heteroatoms. The van der Waals surface area contributed by atoms with Gasteiger partial charge in [-0.15, -0.1) is 0 Å². The zero-order valence-corrected chi connectivity index (χ0v) is 24.8. The van der Waals surface area contributed by atoms with E-state index in [9.17, 15) is 9.59 Å². The maximum Gasteiger partial charge on any atom is 0.322 e. The Bertz CT molecular complexity index is 1220. The van der Waals surface area contributed by atoms with Crippen LogP contribution in [0.15, 0.2) is 48.5 Å². The van der Waals surface area contributed by atoms with Crippen LogP contribution in [-0.4, -0.2) is 58.9 Å². The summed E-state index contributed by atoms with van der Waals surface area (Å²) in [5.41, 5.74) is 9.46. The van der Waals surface area contributed by atoms with Gasteiger partial charge in [-0.1, -0.05) is 69.2 Å². The van der Waals surface area contributed by atoms with Crippen LogP contribution in [0.4, 0.5) is 0 Å². The molecular formula is C32H46N6O3. The Morgan fingerprint density at radius 2 is 1.68 bits per heavy atom. The maximum absolute atomic E-state index is 13.0. The number of nitrogens with one attached hydrogen (secondary N) is 2. The Kier molecular flexibility index (Phi) is 13.5. The molecule has 3 rings (SSSR count). The van der Waals surface area contributed by atoms with E-state index < -0.39 is 6.04 Å². The third-order valence-corrected chi connectivity index (χ3v) is 6.88. The smallest absolute Gasteiger partial charge is 0.322 e. The Morgan fingerprint density at radius 3 is 2.41 bits per heavy atom. The number of carbonyl (C=O) groups excluding carboxylic acids is 2. The van der Waals surface area contributed by atoms with E-state index in [0.717, 1.165) is 66.9 Å². The summed E-state index contributed by atoms with van der Waals surface area (Å²) < 4.78 is 6.97. The predicted octanol–water partition coefficient (Wildman–Crippen LogP) is 4.28. The number of nitrogens with two attached hydrogens (primary N) is 1. The lowest BCUT2D eigenvalue weighted by molar-refractivity contribution is -0.144. The summed E-state index contributed by atoms with van der Waals surface area (Å²) in [7, 11) is 0. The first-order valence-electron chi connectivity index (χ1n) is 15.0. The first-order valence-corrected chi connectivity index (χ1v) is 15.0. The molecule has 41 heavy (non-hydrogen) atoms. The van der Waals surface area contributed by atoms with Crippen molar-refractivity contribution in [3.05, 3.63) is 71.3 Å². The van der Waals surface area contributed by atoms with Crippen LogP contribution in [0, 0.1) is 0 Å². The first kappa shape index (κ1) is 32.0. The van der Waals surface area contributed by atoms with Crippen LogP contribution in [0.3, 0.4) is 0 Å². The van der Waals surface area contributed by atoms with Gasteiger partial charge in [-0.05, 0) is 55.5 Å². The lowest BCUT2D eigenvalue weighted by Crippen LogP contribution is -2.37. The quantitative estimate of drug-likeness (QED) is 0.156. The molecule has 4 N–H and O–H groups in total. The number of hydrogen-bond acceptors (Lipinski definition) is 7. The van der Waals surface area contributed by atoms with Crippen LogP contribution in [0.25, 0.3) is 11.1 Å². The van der Waals surface area contributed by atoms with E-state index in [1.54, 1.807) is 6.92 Å². The van der Waals surface area contributed by atoms with Gasteiger partial charge >= 0.3 is 5.97 Å². The summed E-state index contributed by atoms with van der Waals surface area (Å²) >= 11 is 0. The van der Waals surface area contributed by atoms with Crippen LogP contribution in [0.1, 0.15) is 80.4 Å². The molecule has 1 unspecified atom stereocenters. The van der Waals surface area contributed by atoms with Gasteiger partial charge in [0, 0.05) is 31.5 Å². The maximum atomic E-state index is 13.0. The summed E-state index contributed by atoms with van der Waals surface area (Å²) in [6, 6.07) is 15.3. The first-order chi connectivity index (χ1) is 20.0. The second kappa shape index (κ2) is 17.3. The normalized spacial score (nSPS) is 11.8. The molecule has 0 aliphatic rings. The van der Waals surface area contributed by atoms with Crippen molar-refractivity contribution in [2.24, 2.45) is 5.73 Å². The number of ether oxygens (including phenoxy) is 1. The fraction of sp³-hybridized carbons (Fsp3) is 0.500. The standard InChI is InChI=1S/C32H46N6O3/c1-4-7-13-29-36-30(14-8-5-2)38(37-29)23-24-15-17-25(18-16-24)26-11-9-10-12-27(26)31(39)35-22-21-34-20-19-28(33)32(40)41-6-3/h9-12,15-18,28,34H,4-8,13-14,19-23,33H2,1-3H3,(H,35,39). The van der Waals surface area contributed by atoms with Crippen molar-refractivity contribution >= 4 is 11.9 Å². The molecule has 0 bridgehead atoms. The van der Waals surface area contributed by atoms with E-state index in [-0.39, 0.29) is 11.9 Å². The summed E-state index contributed by atoms with van der Waals surface area (Å²) in [5, 5.41) is 11.0. The van der Waals surface area contributed by atoms with E-state index >= 15 is 0 Å². The molecule has 0 saturated carbocycles. The van der Waals surface area contributed by atoms with Crippen LogP contribution in [-0.2, 0) is 28.9 Å². The van der Waals surface area contributed by atoms with Crippen molar-refractivity contribution in [2.75, 3.05) is 26.2 Å². The molecule has 0 fully saturated rings. The number of aryl methyl sites for hydroxylation is 2. The van der Waals surface area contributed by atoms with Crippen molar-refractivity contribution in [1.29, 1.82) is 0 Å². The van der Waals surface area contributed by atoms with Crippen molar-refractivity contribution in [3.8, 4) is 11.1 Å². The minimum atomic E-state index is -0.641. The van der Waals surface area contributed by atoms with E-state index in [4.69, 9.17) is 20.6 Å². The van der Waals surface area contributed by atoms with E-state index in [1.165, 1.54) is 0 Å². The summed E-state index contributed by atoms with van der Waals surface area (Å²) in [6.07, 6.45) is 6.78. The molecule has 0 spiro atoms. The van der Waals surface area contributed by atoms with Gasteiger partial charge in [0.05, 0.1) is 13.2 Å². The van der Waals surface area contributed by atoms with E-state index in [2.05, 4.69) is 53.4 Å². The van der Waals surface area contributed by atoms with Crippen LogP contribution < -0.4 is 16.4 Å². The number of unbranched alkanes of at least 4 members (excludes halogenated alkanes) is 2. The van der Waals surface area contributed by atoms with Crippen LogP contribution in [0.2, 0.25) is 0 Å². The molecule has 3 aromatic rings. The lowest BCUT2D eigenvalue weighted by atomic mass is 9.98. The minimum Gasteiger partial charge on any atom is -0.465 e. The molecule has 1 aromatic heterocycles. The molecule has 1 heterocycles. The van der Waals surface area contributed by atoms with Gasteiger partial charge in [0.15, 0.2) is 5.82 Å². The average molecular weight is 563 g/mol. The number of carbonyl (C=O) groups is 2. The van der Waals surface area contributed by atoms with Crippen molar-refractivity contribution in [2.45, 2.75) is 78.3 Å².